The van der Waals surface area contributed by atoms with Crippen molar-refractivity contribution >= 4 is 0 Å². The van der Waals surface area contributed by atoms with Crippen LogP contribution in [0.5, 0.6) is 5.75 Å². The molecule has 0 radical (unpaired) electrons. The monoisotopic (exact) mass is 284 g/mol. The number of benzene rings is 2. The van der Waals surface area contributed by atoms with E-state index in [0.29, 0.717) is 24.4 Å². The summed E-state index contributed by atoms with van der Waals surface area (Å²) < 4.78 is 18.4. The molecule has 0 bridgehead atoms. The average molecular weight is 284 g/mol. The molecule has 2 rings (SSSR count). The molecule has 0 saturated carbocycles. The summed E-state index contributed by atoms with van der Waals surface area (Å²) >= 11 is 0. The summed E-state index contributed by atoms with van der Waals surface area (Å²) in [4.78, 5) is 2.08. The van der Waals surface area contributed by atoms with E-state index in [4.69, 9.17) is 10.00 Å². The van der Waals surface area contributed by atoms with Gasteiger partial charge in [-0.05, 0) is 42.4 Å². The average Bonchev–Trinajstić information content (AvgIpc) is 2.47. The minimum atomic E-state index is -0.221. The lowest BCUT2D eigenvalue weighted by Gasteiger charge is -2.17. The van der Waals surface area contributed by atoms with Gasteiger partial charge in [0.15, 0.2) is 0 Å². The molecule has 21 heavy (non-hydrogen) atoms. The Hall–Kier alpha value is -2.38. The van der Waals surface area contributed by atoms with Crippen LogP contribution in [0.1, 0.15) is 16.7 Å². The molecule has 4 heteroatoms. The molecule has 0 amide bonds. The molecule has 0 N–H and O–H groups in total. The van der Waals surface area contributed by atoms with Crippen molar-refractivity contribution in [3.05, 3.63) is 65.0 Å². The molecule has 0 aliphatic carbocycles. The quantitative estimate of drug-likeness (QED) is 0.845. The molecule has 0 atom stereocenters. The van der Waals surface area contributed by atoms with Gasteiger partial charge in [-0.1, -0.05) is 18.2 Å². The summed E-state index contributed by atoms with van der Waals surface area (Å²) in [5.41, 5.74) is 2.50. The third-order valence-corrected chi connectivity index (χ3v) is 3.18. The highest BCUT2D eigenvalue weighted by Gasteiger charge is 2.07. The van der Waals surface area contributed by atoms with Crippen LogP contribution in [0.15, 0.2) is 42.5 Å². The summed E-state index contributed by atoms with van der Waals surface area (Å²) in [7, 11) is 3.52. The fourth-order valence-corrected chi connectivity index (χ4v) is 2.24. The van der Waals surface area contributed by atoms with Crippen molar-refractivity contribution in [2.24, 2.45) is 0 Å². The highest BCUT2D eigenvalue weighted by Crippen LogP contribution is 2.20. The molecule has 108 valence electrons. The molecule has 0 aromatic heterocycles. The van der Waals surface area contributed by atoms with Crippen molar-refractivity contribution in [1.29, 1.82) is 5.26 Å². The predicted octanol–water partition coefficient (Wildman–Crippen LogP) is 3.34. The topological polar surface area (TPSA) is 36.3 Å². The van der Waals surface area contributed by atoms with E-state index in [-0.39, 0.29) is 5.82 Å². The number of ether oxygens (including phenoxy) is 1. The van der Waals surface area contributed by atoms with E-state index in [9.17, 15) is 4.39 Å². The van der Waals surface area contributed by atoms with Crippen LogP contribution >= 0.6 is 0 Å². The van der Waals surface area contributed by atoms with Gasteiger partial charge in [-0.2, -0.15) is 5.26 Å². The lowest BCUT2D eigenvalue weighted by molar-refractivity contribution is 0.317. The van der Waals surface area contributed by atoms with Crippen molar-refractivity contribution in [3.8, 4) is 11.8 Å². The maximum Gasteiger partial charge on any atom is 0.136 e. The molecule has 2 aromatic carbocycles. The van der Waals surface area contributed by atoms with E-state index in [1.165, 1.54) is 12.1 Å². The highest BCUT2D eigenvalue weighted by atomic mass is 19.1. The van der Waals surface area contributed by atoms with Crippen LogP contribution < -0.4 is 4.74 Å². The van der Waals surface area contributed by atoms with Gasteiger partial charge in [0.05, 0.1) is 12.7 Å². The van der Waals surface area contributed by atoms with Crippen LogP contribution in [0.3, 0.4) is 0 Å². The van der Waals surface area contributed by atoms with Gasteiger partial charge in [0.2, 0.25) is 0 Å². The van der Waals surface area contributed by atoms with Gasteiger partial charge >= 0.3 is 0 Å². The number of halogens is 1. The minimum Gasteiger partial charge on any atom is -0.495 e. The van der Waals surface area contributed by atoms with Crippen molar-refractivity contribution < 1.29 is 9.13 Å². The van der Waals surface area contributed by atoms with Gasteiger partial charge in [0.25, 0.3) is 0 Å². The molecule has 0 spiro atoms. The maximum absolute atomic E-state index is 13.2. The second kappa shape index (κ2) is 6.87. The van der Waals surface area contributed by atoms with Gasteiger partial charge in [-0.25, -0.2) is 4.39 Å². The Kier molecular flexibility index (Phi) is 4.91. The van der Waals surface area contributed by atoms with Crippen LogP contribution in [0, 0.1) is 17.1 Å². The lowest BCUT2D eigenvalue weighted by Crippen LogP contribution is -2.17. The Labute approximate surface area is 124 Å². The SMILES string of the molecule is COc1cc(CN(C)Cc2cccc(F)c2)ccc1C#N. The normalized spacial score (nSPS) is 10.4. The molecule has 2 aromatic rings. The molecule has 0 heterocycles. The smallest absolute Gasteiger partial charge is 0.136 e. The van der Waals surface area contributed by atoms with Crippen LogP contribution in [-0.4, -0.2) is 19.1 Å². The van der Waals surface area contributed by atoms with Crippen molar-refractivity contribution in [3.63, 3.8) is 0 Å². The Balaban J connectivity index is 2.06. The fraction of sp³-hybridized carbons (Fsp3) is 0.235. The van der Waals surface area contributed by atoms with Crippen LogP contribution in [0.25, 0.3) is 0 Å². The number of hydrogen-bond donors (Lipinski definition) is 0. The summed E-state index contributed by atoms with van der Waals surface area (Å²) in [5.74, 6) is 0.357. The molecule has 3 nitrogen and oxygen atoms in total. The zero-order valence-electron chi connectivity index (χ0n) is 12.1. The Morgan fingerprint density at radius 2 is 1.86 bits per heavy atom. The van der Waals surface area contributed by atoms with Crippen molar-refractivity contribution in [2.45, 2.75) is 13.1 Å². The molecule has 0 aliphatic heterocycles. The largest absolute Gasteiger partial charge is 0.495 e. The zero-order chi connectivity index (χ0) is 15.2. The van der Waals surface area contributed by atoms with E-state index in [1.54, 1.807) is 19.2 Å². The number of hydrogen-bond acceptors (Lipinski definition) is 3. The maximum atomic E-state index is 13.2. The summed E-state index contributed by atoms with van der Waals surface area (Å²) in [6, 6.07) is 14.2. The molecule has 0 fully saturated rings. The fourth-order valence-electron chi connectivity index (χ4n) is 2.24. The molecular weight excluding hydrogens is 267 g/mol. The van der Waals surface area contributed by atoms with E-state index in [2.05, 4.69) is 11.0 Å². The number of nitriles is 1. The standard InChI is InChI=1S/C17H17FN2O/c1-20(11-13-4-3-5-16(18)8-13)12-14-6-7-15(10-19)17(9-14)21-2/h3-9H,11-12H2,1-2H3. The first-order chi connectivity index (χ1) is 10.1. The van der Waals surface area contributed by atoms with Gasteiger partial charge < -0.3 is 4.74 Å². The predicted molar refractivity (Wildman–Crippen MR) is 79.3 cm³/mol. The van der Waals surface area contributed by atoms with Gasteiger partial charge in [-0.15, -0.1) is 0 Å². The van der Waals surface area contributed by atoms with E-state index >= 15 is 0 Å². The minimum absolute atomic E-state index is 0.221. The molecular formula is C17H17FN2O. The Morgan fingerprint density at radius 1 is 1.14 bits per heavy atom. The second-order valence-electron chi connectivity index (χ2n) is 4.95. The number of methoxy groups -OCH3 is 1. The van der Waals surface area contributed by atoms with E-state index in [1.807, 2.05) is 25.2 Å². The number of rotatable bonds is 5. The first-order valence-corrected chi connectivity index (χ1v) is 6.62. The zero-order valence-corrected chi connectivity index (χ0v) is 12.1. The first kappa shape index (κ1) is 15.0. The Morgan fingerprint density at radius 3 is 2.48 bits per heavy atom. The van der Waals surface area contributed by atoms with Crippen LogP contribution in [0.4, 0.5) is 4.39 Å². The van der Waals surface area contributed by atoms with Gasteiger partial charge in [0.1, 0.15) is 17.6 Å². The molecule has 0 aliphatic rings. The molecule has 0 unspecified atom stereocenters. The van der Waals surface area contributed by atoms with Crippen LogP contribution in [-0.2, 0) is 13.1 Å². The summed E-state index contributed by atoms with van der Waals surface area (Å²) in [6.45, 7) is 1.35. The third-order valence-electron chi connectivity index (χ3n) is 3.18. The highest BCUT2D eigenvalue weighted by molar-refractivity contribution is 5.45. The van der Waals surface area contributed by atoms with Gasteiger partial charge in [0, 0.05) is 13.1 Å². The summed E-state index contributed by atoms with van der Waals surface area (Å²) in [6.07, 6.45) is 0. The van der Waals surface area contributed by atoms with Gasteiger partial charge in [-0.3, -0.25) is 4.90 Å². The molecule has 0 saturated heterocycles. The second-order valence-corrected chi connectivity index (χ2v) is 4.95. The summed E-state index contributed by atoms with van der Waals surface area (Å²) in [5, 5.41) is 8.97. The lowest BCUT2D eigenvalue weighted by atomic mass is 10.1. The number of nitrogens with zero attached hydrogens (tertiary/aromatic N) is 2. The third kappa shape index (κ3) is 4.04. The van der Waals surface area contributed by atoms with Crippen LogP contribution in [0.2, 0.25) is 0 Å². The first-order valence-electron chi connectivity index (χ1n) is 6.62. The van der Waals surface area contributed by atoms with Crippen molar-refractivity contribution in [1.82, 2.24) is 4.90 Å². The Bertz CT molecular complexity index is 664. The van der Waals surface area contributed by atoms with E-state index in [0.717, 1.165) is 11.1 Å². The van der Waals surface area contributed by atoms with E-state index < -0.39 is 0 Å². The van der Waals surface area contributed by atoms with Crippen molar-refractivity contribution in [2.75, 3.05) is 14.2 Å².